The van der Waals surface area contributed by atoms with Crippen LogP contribution in [0, 0.1) is 11.6 Å². The molecule has 8 heteroatoms. The van der Waals surface area contributed by atoms with Crippen LogP contribution >= 0.6 is 11.3 Å². The zero-order valence-corrected chi connectivity index (χ0v) is 14.4. The number of hydrogen-bond donors (Lipinski definition) is 1. The number of aliphatic carboxylic acids is 1. The highest BCUT2D eigenvalue weighted by molar-refractivity contribution is 7.11. The fourth-order valence-electron chi connectivity index (χ4n) is 2.94. The fourth-order valence-corrected chi connectivity index (χ4v) is 4.00. The Morgan fingerprint density at radius 1 is 1.52 bits per heavy atom. The van der Waals surface area contributed by atoms with Gasteiger partial charge >= 0.3 is 5.97 Å². The molecule has 2 heterocycles. The highest BCUT2D eigenvalue weighted by Crippen LogP contribution is 2.32. The fraction of sp³-hybridized carbons (Fsp3) is 0.412. The van der Waals surface area contributed by atoms with E-state index in [4.69, 9.17) is 4.74 Å². The van der Waals surface area contributed by atoms with Crippen LogP contribution in [0.1, 0.15) is 40.4 Å². The first-order chi connectivity index (χ1) is 12.0. The van der Waals surface area contributed by atoms with Gasteiger partial charge in [0.25, 0.3) is 0 Å². The molecule has 134 valence electrons. The smallest absolute Gasteiger partial charge is 0.325 e. The minimum atomic E-state index is -1.21. The van der Waals surface area contributed by atoms with Crippen LogP contribution in [0.5, 0.6) is 0 Å². The standard InChI is InChI=1S/C17H18F2N2O3S/c1-21(9-11-8-20-16(25-11)14-3-2-6-24-14)15(17(22)23)12-5-4-10(18)7-13(12)19/h4-5,7-8,14-15H,2-3,6,9H2,1H3,(H,22,23). The Balaban J connectivity index is 1.77. The number of ether oxygens (including phenoxy) is 1. The zero-order valence-electron chi connectivity index (χ0n) is 13.6. The summed E-state index contributed by atoms with van der Waals surface area (Å²) in [6.07, 6.45) is 3.64. The Labute approximate surface area is 147 Å². The summed E-state index contributed by atoms with van der Waals surface area (Å²) in [5.41, 5.74) is -0.0692. The quantitative estimate of drug-likeness (QED) is 0.845. The molecule has 2 atom stereocenters. The van der Waals surface area contributed by atoms with Crippen LogP contribution in [0.3, 0.4) is 0 Å². The van der Waals surface area contributed by atoms with Crippen molar-refractivity contribution in [3.8, 4) is 0 Å². The number of rotatable bonds is 6. The van der Waals surface area contributed by atoms with Crippen LogP contribution in [-0.2, 0) is 16.1 Å². The molecule has 0 amide bonds. The third kappa shape index (κ3) is 4.02. The average molecular weight is 368 g/mol. The monoisotopic (exact) mass is 368 g/mol. The molecular formula is C17H18F2N2O3S. The summed E-state index contributed by atoms with van der Waals surface area (Å²) < 4.78 is 32.7. The van der Waals surface area contributed by atoms with E-state index >= 15 is 0 Å². The van der Waals surface area contributed by atoms with Gasteiger partial charge in [0.05, 0.1) is 0 Å². The van der Waals surface area contributed by atoms with Gasteiger partial charge in [-0.2, -0.15) is 0 Å². The molecule has 0 radical (unpaired) electrons. The van der Waals surface area contributed by atoms with Gasteiger partial charge in [-0.15, -0.1) is 11.3 Å². The summed E-state index contributed by atoms with van der Waals surface area (Å²) in [4.78, 5) is 18.4. The number of benzene rings is 1. The van der Waals surface area contributed by atoms with Crippen molar-refractivity contribution in [2.75, 3.05) is 13.7 Å². The lowest BCUT2D eigenvalue weighted by Crippen LogP contribution is -2.31. The summed E-state index contributed by atoms with van der Waals surface area (Å²) in [7, 11) is 1.59. The van der Waals surface area contributed by atoms with Crippen molar-refractivity contribution in [2.45, 2.75) is 31.5 Å². The van der Waals surface area contributed by atoms with Gasteiger partial charge in [0, 0.05) is 35.9 Å². The van der Waals surface area contributed by atoms with E-state index in [0.29, 0.717) is 6.07 Å². The summed E-state index contributed by atoms with van der Waals surface area (Å²) in [5, 5.41) is 10.4. The van der Waals surface area contributed by atoms with Gasteiger partial charge in [-0.3, -0.25) is 9.69 Å². The Bertz CT molecular complexity index is 762. The topological polar surface area (TPSA) is 62.7 Å². The van der Waals surface area contributed by atoms with Gasteiger partial charge in [-0.1, -0.05) is 6.07 Å². The van der Waals surface area contributed by atoms with Gasteiger partial charge in [0.15, 0.2) is 0 Å². The Morgan fingerprint density at radius 3 is 2.96 bits per heavy atom. The van der Waals surface area contributed by atoms with Crippen LogP contribution in [0.2, 0.25) is 0 Å². The van der Waals surface area contributed by atoms with Gasteiger partial charge < -0.3 is 9.84 Å². The molecule has 0 saturated carbocycles. The van der Waals surface area contributed by atoms with Gasteiger partial charge in [-0.05, 0) is 26.0 Å². The number of halogens is 2. The Morgan fingerprint density at radius 2 is 2.32 bits per heavy atom. The maximum atomic E-state index is 14.0. The van der Waals surface area contributed by atoms with Crippen LogP contribution < -0.4 is 0 Å². The maximum Gasteiger partial charge on any atom is 0.325 e. The van der Waals surface area contributed by atoms with E-state index in [-0.39, 0.29) is 18.2 Å². The van der Waals surface area contributed by atoms with E-state index in [2.05, 4.69) is 4.98 Å². The van der Waals surface area contributed by atoms with E-state index in [1.54, 1.807) is 13.2 Å². The highest BCUT2D eigenvalue weighted by Gasteiger charge is 2.29. The second-order valence-corrected chi connectivity index (χ2v) is 7.13. The summed E-state index contributed by atoms with van der Waals surface area (Å²) >= 11 is 1.46. The molecule has 1 saturated heterocycles. The average Bonchev–Trinajstić information content (AvgIpc) is 3.20. The molecule has 5 nitrogen and oxygen atoms in total. The minimum Gasteiger partial charge on any atom is -0.480 e. The van der Waals surface area contributed by atoms with Crippen LogP contribution in [0.4, 0.5) is 8.78 Å². The van der Waals surface area contributed by atoms with Crippen molar-refractivity contribution in [3.63, 3.8) is 0 Å². The lowest BCUT2D eigenvalue weighted by molar-refractivity contribution is -0.143. The van der Waals surface area contributed by atoms with Crippen molar-refractivity contribution >= 4 is 17.3 Å². The van der Waals surface area contributed by atoms with E-state index in [1.807, 2.05) is 0 Å². The number of aromatic nitrogens is 1. The van der Waals surface area contributed by atoms with Crippen LogP contribution in [-0.4, -0.2) is 34.6 Å². The first-order valence-corrected chi connectivity index (χ1v) is 8.71. The third-order valence-corrected chi connectivity index (χ3v) is 5.19. The number of hydrogen-bond acceptors (Lipinski definition) is 5. The summed E-state index contributed by atoms with van der Waals surface area (Å²) in [5.74, 6) is -2.81. The SMILES string of the molecule is CN(Cc1cnc(C2CCCO2)s1)C(C(=O)O)c1ccc(F)cc1F. The van der Waals surface area contributed by atoms with Crippen molar-refractivity contribution in [3.05, 3.63) is 51.5 Å². The van der Waals surface area contributed by atoms with E-state index in [9.17, 15) is 18.7 Å². The number of likely N-dealkylation sites (N-methyl/N-ethyl adjacent to an activating group) is 1. The highest BCUT2D eigenvalue weighted by atomic mass is 32.1. The molecule has 0 aliphatic carbocycles. The molecule has 0 bridgehead atoms. The van der Waals surface area contributed by atoms with Gasteiger partial charge in [0.1, 0.15) is 28.8 Å². The van der Waals surface area contributed by atoms with Gasteiger partial charge in [0.2, 0.25) is 0 Å². The van der Waals surface area contributed by atoms with Crippen molar-refractivity contribution in [2.24, 2.45) is 0 Å². The second kappa shape index (κ2) is 7.55. The first-order valence-electron chi connectivity index (χ1n) is 7.90. The lowest BCUT2D eigenvalue weighted by Gasteiger charge is -2.24. The van der Waals surface area contributed by atoms with E-state index < -0.39 is 23.6 Å². The Hall–Kier alpha value is -1.90. The normalized spacial score (nSPS) is 18.6. The molecule has 2 aromatic rings. The van der Waals surface area contributed by atoms with Crippen LogP contribution in [0.15, 0.2) is 24.4 Å². The molecule has 1 aliphatic rings. The van der Waals surface area contributed by atoms with Crippen molar-refractivity contribution in [1.82, 2.24) is 9.88 Å². The molecule has 0 spiro atoms. The number of carboxylic acids is 1. The predicted molar refractivity (Wildman–Crippen MR) is 88.2 cm³/mol. The van der Waals surface area contributed by atoms with E-state index in [0.717, 1.165) is 35.4 Å². The molecule has 25 heavy (non-hydrogen) atoms. The molecule has 1 aromatic heterocycles. The Kier molecular flexibility index (Phi) is 5.41. The number of carbonyl (C=O) groups is 1. The number of nitrogens with zero attached hydrogens (tertiary/aromatic N) is 2. The van der Waals surface area contributed by atoms with Gasteiger partial charge in [-0.25, -0.2) is 13.8 Å². The molecule has 2 unspecified atom stereocenters. The lowest BCUT2D eigenvalue weighted by atomic mass is 10.0. The summed E-state index contributed by atoms with van der Waals surface area (Å²) in [6.45, 7) is 1.02. The molecular weight excluding hydrogens is 350 g/mol. The molecule has 3 rings (SSSR count). The second-order valence-electron chi connectivity index (χ2n) is 5.99. The van der Waals surface area contributed by atoms with E-state index in [1.165, 1.54) is 22.3 Å². The minimum absolute atomic E-state index is 0.00821. The molecule has 1 aliphatic heterocycles. The number of thiazole rings is 1. The third-order valence-electron chi connectivity index (χ3n) is 4.11. The number of carboxylic acid groups (broad SMARTS) is 1. The molecule has 1 N–H and O–H groups in total. The van der Waals surface area contributed by atoms with Crippen molar-refractivity contribution < 1.29 is 23.4 Å². The maximum absolute atomic E-state index is 14.0. The summed E-state index contributed by atoms with van der Waals surface area (Å²) in [6, 6.07) is 1.71. The molecule has 1 aromatic carbocycles. The van der Waals surface area contributed by atoms with Crippen molar-refractivity contribution in [1.29, 1.82) is 0 Å². The largest absolute Gasteiger partial charge is 0.480 e. The van der Waals surface area contributed by atoms with Crippen LogP contribution in [0.25, 0.3) is 0 Å². The first kappa shape index (κ1) is 17.9. The predicted octanol–water partition coefficient (Wildman–Crippen LogP) is 3.53. The zero-order chi connectivity index (χ0) is 18.0. The molecule has 1 fully saturated rings.